The van der Waals surface area contributed by atoms with Gasteiger partial charge in [-0.25, -0.2) is 0 Å². The first-order valence-corrected chi connectivity index (χ1v) is 6.02. The molecule has 0 bridgehead atoms. The van der Waals surface area contributed by atoms with Crippen LogP contribution in [0.3, 0.4) is 0 Å². The molecule has 0 radical (unpaired) electrons. The van der Waals surface area contributed by atoms with E-state index in [1.54, 1.807) is 32.4 Å². The molecule has 0 aromatic heterocycles. The Hall–Kier alpha value is -1.69. The summed E-state index contributed by atoms with van der Waals surface area (Å²) in [5, 5.41) is 0. The van der Waals surface area contributed by atoms with Gasteiger partial charge in [-0.3, -0.25) is 4.79 Å². The van der Waals surface area contributed by atoms with Crippen LogP contribution in [0.5, 0.6) is 11.5 Å². The first-order valence-electron chi connectivity index (χ1n) is 6.02. The van der Waals surface area contributed by atoms with Crippen molar-refractivity contribution in [2.45, 2.75) is 0 Å². The number of methoxy groups -OCH3 is 2. The fourth-order valence-electron chi connectivity index (χ4n) is 1.99. The number of benzene rings is 1. The lowest BCUT2D eigenvalue weighted by molar-refractivity contribution is 0.0945. The number of ether oxygens (including phenoxy) is 2. The molecule has 2 rings (SSSR count). The highest BCUT2D eigenvalue weighted by molar-refractivity contribution is 8.93. The van der Waals surface area contributed by atoms with E-state index in [-0.39, 0.29) is 22.8 Å². The number of nitrogens with zero attached hydrogens (tertiary/aromatic N) is 2. The Morgan fingerprint density at radius 3 is 2.55 bits per heavy atom. The van der Waals surface area contributed by atoms with Gasteiger partial charge in [-0.05, 0) is 12.1 Å². The van der Waals surface area contributed by atoms with Crippen molar-refractivity contribution in [1.82, 2.24) is 9.80 Å². The van der Waals surface area contributed by atoms with Crippen LogP contribution in [0.2, 0.25) is 0 Å². The largest absolute Gasteiger partial charge is 0.497 e. The van der Waals surface area contributed by atoms with Crippen molar-refractivity contribution < 1.29 is 14.3 Å². The molecule has 20 heavy (non-hydrogen) atoms. The molecule has 0 N–H and O–H groups in total. The molecule has 1 aliphatic heterocycles. The number of halogens is 1. The second kappa shape index (κ2) is 7.19. The van der Waals surface area contributed by atoms with Gasteiger partial charge in [0.05, 0.1) is 33.0 Å². The number of Topliss-reactive ketones (excluding diaryl/α,β-unsaturated/α-hetero) is 1. The summed E-state index contributed by atoms with van der Waals surface area (Å²) >= 11 is 0. The lowest BCUT2D eigenvalue weighted by Crippen LogP contribution is -2.28. The maximum absolute atomic E-state index is 12.3. The zero-order valence-electron chi connectivity index (χ0n) is 11.8. The first-order chi connectivity index (χ1) is 9.13. The fraction of sp³-hybridized carbons (Fsp3) is 0.357. The van der Waals surface area contributed by atoms with Gasteiger partial charge in [0.15, 0.2) is 5.78 Å². The predicted molar refractivity (Wildman–Crippen MR) is 82.7 cm³/mol. The number of carbonyl (C=O) groups is 1. The van der Waals surface area contributed by atoms with Crippen LogP contribution in [0.1, 0.15) is 10.4 Å². The number of hydrogen-bond acceptors (Lipinski definition) is 5. The van der Waals surface area contributed by atoms with Crippen molar-refractivity contribution in [3.8, 4) is 11.5 Å². The molecule has 5 nitrogen and oxygen atoms in total. The van der Waals surface area contributed by atoms with Gasteiger partial charge in [0.2, 0.25) is 0 Å². The molecule has 1 aliphatic rings. The fourth-order valence-corrected chi connectivity index (χ4v) is 1.99. The quantitative estimate of drug-likeness (QED) is 0.767. The highest BCUT2D eigenvalue weighted by atomic mass is 79.9. The average molecular weight is 343 g/mol. The highest BCUT2D eigenvalue weighted by Crippen LogP contribution is 2.25. The number of hydrogen-bond donors (Lipinski definition) is 0. The molecule has 1 aromatic carbocycles. The van der Waals surface area contributed by atoms with Crippen molar-refractivity contribution in [3.63, 3.8) is 0 Å². The van der Waals surface area contributed by atoms with Gasteiger partial charge in [-0.15, -0.1) is 17.0 Å². The molecule has 0 saturated heterocycles. The zero-order valence-corrected chi connectivity index (χ0v) is 13.5. The molecule has 0 fully saturated rings. The van der Waals surface area contributed by atoms with Gasteiger partial charge in [-0.1, -0.05) is 0 Å². The van der Waals surface area contributed by atoms with Crippen LogP contribution in [0.15, 0.2) is 30.6 Å². The summed E-state index contributed by atoms with van der Waals surface area (Å²) in [6, 6.07) is 5.23. The van der Waals surface area contributed by atoms with Crippen molar-refractivity contribution in [2.75, 3.05) is 34.5 Å². The normalized spacial score (nSPS) is 13.2. The van der Waals surface area contributed by atoms with Gasteiger partial charge in [0.25, 0.3) is 0 Å². The summed E-state index contributed by atoms with van der Waals surface area (Å²) in [4.78, 5) is 16.2. The van der Waals surface area contributed by atoms with Crippen LogP contribution < -0.4 is 9.47 Å². The van der Waals surface area contributed by atoms with Gasteiger partial charge in [0, 0.05) is 25.5 Å². The summed E-state index contributed by atoms with van der Waals surface area (Å²) < 4.78 is 10.4. The minimum absolute atomic E-state index is 0. The standard InChI is InChI=1S/C14H18N2O3.BrH/c1-15-6-7-16(10-15)9-13(17)12-5-4-11(18-2)8-14(12)19-3;/h4-8H,9-10H2,1-3H3;1H. The molecule has 0 saturated carbocycles. The van der Waals surface area contributed by atoms with Crippen LogP contribution in [0.4, 0.5) is 0 Å². The minimum atomic E-state index is 0. The van der Waals surface area contributed by atoms with Gasteiger partial charge < -0.3 is 19.3 Å². The molecule has 110 valence electrons. The minimum Gasteiger partial charge on any atom is -0.497 e. The maximum atomic E-state index is 12.3. The Morgan fingerprint density at radius 1 is 1.25 bits per heavy atom. The number of carbonyl (C=O) groups excluding carboxylic acids is 1. The third-order valence-corrected chi connectivity index (χ3v) is 2.99. The summed E-state index contributed by atoms with van der Waals surface area (Å²) in [5.41, 5.74) is 0.575. The van der Waals surface area contributed by atoms with Crippen LogP contribution >= 0.6 is 17.0 Å². The van der Waals surface area contributed by atoms with E-state index in [0.717, 1.165) is 6.67 Å². The summed E-state index contributed by atoms with van der Waals surface area (Å²) in [6.07, 6.45) is 3.85. The molecule has 0 atom stereocenters. The molecule has 0 amide bonds. The summed E-state index contributed by atoms with van der Waals surface area (Å²) in [7, 11) is 5.10. The van der Waals surface area contributed by atoms with Crippen molar-refractivity contribution in [3.05, 3.63) is 36.2 Å². The SMILES string of the molecule is Br.COc1ccc(C(=O)CN2C=CN(C)C2)c(OC)c1. The molecule has 1 aromatic rings. The Kier molecular flexibility index (Phi) is 5.88. The first kappa shape index (κ1) is 16.4. The van der Waals surface area contributed by atoms with Crippen molar-refractivity contribution in [1.29, 1.82) is 0 Å². The number of ketones is 1. The summed E-state index contributed by atoms with van der Waals surface area (Å²) in [5.74, 6) is 1.24. The second-order valence-corrected chi connectivity index (χ2v) is 4.43. The molecular formula is C14H19BrN2O3. The molecule has 1 heterocycles. The second-order valence-electron chi connectivity index (χ2n) is 4.43. The molecule has 0 spiro atoms. The van der Waals surface area contributed by atoms with E-state index >= 15 is 0 Å². The lowest BCUT2D eigenvalue weighted by atomic mass is 10.1. The van der Waals surface area contributed by atoms with Gasteiger partial charge in [0.1, 0.15) is 11.5 Å². The van der Waals surface area contributed by atoms with E-state index in [1.165, 1.54) is 0 Å². The van der Waals surface area contributed by atoms with Gasteiger partial charge in [-0.2, -0.15) is 0 Å². The summed E-state index contributed by atoms with van der Waals surface area (Å²) in [6.45, 7) is 1.06. The predicted octanol–water partition coefficient (Wildman–Crippen LogP) is 2.14. The van der Waals surface area contributed by atoms with E-state index in [2.05, 4.69) is 0 Å². The zero-order chi connectivity index (χ0) is 13.8. The molecule has 6 heteroatoms. The Morgan fingerprint density at radius 2 is 2.00 bits per heavy atom. The van der Waals surface area contributed by atoms with E-state index in [4.69, 9.17) is 9.47 Å². The average Bonchev–Trinajstić information content (AvgIpc) is 2.83. The van der Waals surface area contributed by atoms with Crippen molar-refractivity contribution in [2.24, 2.45) is 0 Å². The highest BCUT2D eigenvalue weighted by Gasteiger charge is 2.17. The van der Waals surface area contributed by atoms with Crippen molar-refractivity contribution >= 4 is 22.8 Å². The lowest BCUT2D eigenvalue weighted by Gasteiger charge is -2.18. The monoisotopic (exact) mass is 342 g/mol. The van der Waals surface area contributed by atoms with Crippen LogP contribution in [0.25, 0.3) is 0 Å². The van der Waals surface area contributed by atoms with Crippen LogP contribution in [-0.4, -0.2) is 50.1 Å². The van der Waals surface area contributed by atoms with E-state index < -0.39 is 0 Å². The maximum Gasteiger partial charge on any atom is 0.185 e. The smallest absolute Gasteiger partial charge is 0.185 e. The van der Waals surface area contributed by atoms with E-state index in [9.17, 15) is 4.79 Å². The topological polar surface area (TPSA) is 42.0 Å². The van der Waals surface area contributed by atoms with Gasteiger partial charge >= 0.3 is 0 Å². The molecule has 0 unspecified atom stereocenters. The third kappa shape index (κ3) is 3.66. The number of rotatable bonds is 5. The van der Waals surface area contributed by atoms with E-state index in [0.29, 0.717) is 23.6 Å². The Bertz CT molecular complexity index is 505. The molecular weight excluding hydrogens is 324 g/mol. The van der Waals surface area contributed by atoms with E-state index in [1.807, 2.05) is 29.2 Å². The van der Waals surface area contributed by atoms with Crippen LogP contribution in [-0.2, 0) is 0 Å². The third-order valence-electron chi connectivity index (χ3n) is 2.99. The Balaban J connectivity index is 0.00000200. The van der Waals surface area contributed by atoms with Crippen LogP contribution in [0, 0.1) is 0 Å². The Labute approximate surface area is 129 Å². The molecule has 0 aliphatic carbocycles.